The second-order valence-corrected chi connectivity index (χ2v) is 3.64. The van der Waals surface area contributed by atoms with Crippen LogP contribution in [0, 0.1) is 10.1 Å². The van der Waals surface area contributed by atoms with Gasteiger partial charge in [-0.2, -0.15) is 0 Å². The zero-order valence-corrected chi connectivity index (χ0v) is 12.1. The van der Waals surface area contributed by atoms with E-state index in [9.17, 15) is 10.1 Å². The quantitative estimate of drug-likeness (QED) is 0.420. The van der Waals surface area contributed by atoms with Gasteiger partial charge in [0.2, 0.25) is 5.76 Å². The molecule has 0 aromatic carbocycles. The Morgan fingerprint density at radius 2 is 1.90 bits per heavy atom. The molecule has 0 aromatic heterocycles. The van der Waals surface area contributed by atoms with Crippen molar-refractivity contribution in [3.05, 3.63) is 33.8 Å². The van der Waals surface area contributed by atoms with Crippen molar-refractivity contribution in [2.75, 3.05) is 28.4 Å². The number of hydrogen-bond donors (Lipinski definition) is 2. The van der Waals surface area contributed by atoms with Gasteiger partial charge in [-0.1, -0.05) is 0 Å². The number of primary amides is 1. The van der Waals surface area contributed by atoms with E-state index < -0.39 is 22.8 Å². The Kier molecular flexibility index (Phi) is 7.17. The summed E-state index contributed by atoms with van der Waals surface area (Å²) in [6, 6.07) is 0. The smallest absolute Gasteiger partial charge is 0.412 e. The summed E-state index contributed by atoms with van der Waals surface area (Å²) in [6.45, 7) is 0. The Bertz CT molecular complexity index is 444. The molecule has 0 radical (unpaired) electrons. The van der Waals surface area contributed by atoms with E-state index in [4.69, 9.17) is 28.8 Å². The normalized spacial score (nSPS) is 23.9. The first-order chi connectivity index (χ1) is 9.79. The Morgan fingerprint density at radius 1 is 1.38 bits per heavy atom. The molecule has 0 fully saturated rings. The maximum absolute atomic E-state index is 11.3. The third kappa shape index (κ3) is 4.07. The Hall–Kier alpha value is -2.33. The van der Waals surface area contributed by atoms with E-state index in [1.165, 1.54) is 40.6 Å². The first-order valence-corrected chi connectivity index (χ1v) is 5.52. The van der Waals surface area contributed by atoms with Crippen LogP contribution in [0.2, 0.25) is 0 Å². The lowest BCUT2D eigenvalue weighted by molar-refractivity contribution is -0.630. The van der Waals surface area contributed by atoms with Crippen molar-refractivity contribution in [2.24, 2.45) is 5.73 Å². The number of nitrogens with zero attached hydrogens (tertiary/aromatic N) is 1. The zero-order chi connectivity index (χ0) is 16.6. The Morgan fingerprint density at radius 3 is 2.19 bits per heavy atom. The number of amides is 1. The molecular formula is C11H18N2O8. The molecule has 1 rings (SSSR count). The average Bonchev–Trinajstić information content (AvgIpc) is 2.44. The molecule has 3 N–H and O–H groups in total. The maximum Gasteiger partial charge on any atom is 0.412 e. The minimum Gasteiger partial charge on any atom is -0.497 e. The fourth-order valence-corrected chi connectivity index (χ4v) is 1.73. The molecule has 0 saturated carbocycles. The highest BCUT2D eigenvalue weighted by Gasteiger charge is 2.58. The summed E-state index contributed by atoms with van der Waals surface area (Å²) in [5.41, 5.74) is 2.14. The van der Waals surface area contributed by atoms with Gasteiger partial charge in [0.15, 0.2) is 6.10 Å². The molecule has 0 heterocycles. The molecule has 0 bridgehead atoms. The molecule has 0 spiro atoms. The van der Waals surface area contributed by atoms with Crippen molar-refractivity contribution in [3.8, 4) is 0 Å². The van der Waals surface area contributed by atoms with E-state index in [-0.39, 0.29) is 5.76 Å². The van der Waals surface area contributed by atoms with Crippen LogP contribution < -0.4 is 5.73 Å². The van der Waals surface area contributed by atoms with Gasteiger partial charge in [0.05, 0.1) is 19.1 Å². The number of allylic oxidation sites excluding steroid dienone is 1. The van der Waals surface area contributed by atoms with Crippen LogP contribution in [-0.2, 0) is 18.9 Å². The summed E-state index contributed by atoms with van der Waals surface area (Å²) in [7, 11) is 5.36. The van der Waals surface area contributed by atoms with Crippen molar-refractivity contribution in [2.45, 2.75) is 11.8 Å². The second-order valence-electron chi connectivity index (χ2n) is 3.64. The van der Waals surface area contributed by atoms with Crippen LogP contribution in [0.25, 0.3) is 0 Å². The Balaban J connectivity index is 0.000000885. The lowest BCUT2D eigenvalue weighted by atomic mass is 9.98. The SMILES string of the molecule is COC1=CC(OC)C(OC)([N+](=O)[O-])C(OC)=C1.NC(=O)O. The lowest BCUT2D eigenvalue weighted by Crippen LogP contribution is -2.54. The van der Waals surface area contributed by atoms with Crippen LogP contribution >= 0.6 is 0 Å². The molecular weight excluding hydrogens is 288 g/mol. The number of ether oxygens (including phenoxy) is 4. The number of nitrogens with two attached hydrogens (primary N) is 1. The molecule has 0 saturated heterocycles. The molecule has 10 heteroatoms. The number of rotatable bonds is 5. The monoisotopic (exact) mass is 306 g/mol. The van der Waals surface area contributed by atoms with Crippen LogP contribution in [-0.4, -0.2) is 56.4 Å². The summed E-state index contributed by atoms with van der Waals surface area (Å²) in [6.07, 6.45) is 0.605. The van der Waals surface area contributed by atoms with E-state index in [2.05, 4.69) is 5.73 Å². The molecule has 21 heavy (non-hydrogen) atoms. The molecule has 120 valence electrons. The maximum atomic E-state index is 11.3. The minimum atomic E-state index is -1.88. The third-order valence-electron chi connectivity index (χ3n) is 2.62. The van der Waals surface area contributed by atoms with Crippen LogP contribution in [0.5, 0.6) is 0 Å². The fraction of sp³-hybridized carbons (Fsp3) is 0.545. The molecule has 1 aliphatic carbocycles. The van der Waals surface area contributed by atoms with E-state index in [0.29, 0.717) is 5.76 Å². The lowest BCUT2D eigenvalue weighted by Gasteiger charge is -2.32. The molecule has 0 aliphatic heterocycles. The highest BCUT2D eigenvalue weighted by atomic mass is 16.7. The van der Waals surface area contributed by atoms with E-state index >= 15 is 0 Å². The average molecular weight is 306 g/mol. The van der Waals surface area contributed by atoms with E-state index in [1.807, 2.05) is 0 Å². The topological polar surface area (TPSA) is 143 Å². The predicted molar refractivity (Wildman–Crippen MR) is 69.9 cm³/mol. The number of carboxylic acid groups (broad SMARTS) is 1. The van der Waals surface area contributed by atoms with Gasteiger partial charge in [-0.05, 0) is 6.08 Å². The van der Waals surface area contributed by atoms with Crippen molar-refractivity contribution >= 4 is 6.09 Å². The Labute approximate surface area is 120 Å². The van der Waals surface area contributed by atoms with Gasteiger partial charge in [-0.15, -0.1) is 0 Å². The molecule has 2 atom stereocenters. The van der Waals surface area contributed by atoms with Gasteiger partial charge in [-0.3, -0.25) is 10.1 Å². The second kappa shape index (κ2) is 8.07. The van der Waals surface area contributed by atoms with Crippen LogP contribution in [0.1, 0.15) is 0 Å². The summed E-state index contributed by atoms with van der Waals surface area (Å²) >= 11 is 0. The number of methoxy groups -OCH3 is 4. The van der Waals surface area contributed by atoms with Gasteiger partial charge < -0.3 is 29.8 Å². The van der Waals surface area contributed by atoms with Crippen molar-refractivity contribution in [1.29, 1.82) is 0 Å². The summed E-state index contributed by atoms with van der Waals surface area (Å²) in [5.74, 6) is 0.444. The summed E-state index contributed by atoms with van der Waals surface area (Å²) in [4.78, 5) is 19.4. The van der Waals surface area contributed by atoms with Gasteiger partial charge in [0.25, 0.3) is 0 Å². The first kappa shape index (κ1) is 18.7. The van der Waals surface area contributed by atoms with Crippen LogP contribution in [0.3, 0.4) is 0 Å². The van der Waals surface area contributed by atoms with Gasteiger partial charge >= 0.3 is 11.8 Å². The van der Waals surface area contributed by atoms with Gasteiger partial charge in [0.1, 0.15) is 5.76 Å². The number of hydrogen-bond acceptors (Lipinski definition) is 7. The van der Waals surface area contributed by atoms with Crippen molar-refractivity contribution < 1.29 is 33.8 Å². The first-order valence-electron chi connectivity index (χ1n) is 5.52. The summed E-state index contributed by atoms with van der Waals surface area (Å²) in [5, 5.41) is 18.4. The van der Waals surface area contributed by atoms with Crippen molar-refractivity contribution in [1.82, 2.24) is 0 Å². The van der Waals surface area contributed by atoms with Crippen LogP contribution in [0.15, 0.2) is 23.7 Å². The third-order valence-corrected chi connectivity index (χ3v) is 2.62. The highest BCUT2D eigenvalue weighted by Crippen LogP contribution is 2.34. The zero-order valence-electron chi connectivity index (χ0n) is 12.1. The van der Waals surface area contributed by atoms with Crippen LogP contribution in [0.4, 0.5) is 4.79 Å². The largest absolute Gasteiger partial charge is 0.497 e. The summed E-state index contributed by atoms with van der Waals surface area (Å²) < 4.78 is 20.1. The molecule has 1 amide bonds. The van der Waals surface area contributed by atoms with Gasteiger partial charge in [-0.25, -0.2) is 4.79 Å². The van der Waals surface area contributed by atoms with Gasteiger partial charge in [0, 0.05) is 20.3 Å². The van der Waals surface area contributed by atoms with E-state index in [1.54, 1.807) is 0 Å². The minimum absolute atomic E-state index is 0.0243. The molecule has 0 aromatic rings. The molecule has 2 unspecified atom stereocenters. The molecule has 10 nitrogen and oxygen atoms in total. The highest BCUT2D eigenvalue weighted by molar-refractivity contribution is 5.61. The van der Waals surface area contributed by atoms with E-state index in [0.717, 1.165) is 0 Å². The number of carbonyl (C=O) groups is 1. The van der Waals surface area contributed by atoms with Crippen molar-refractivity contribution in [3.63, 3.8) is 0 Å². The predicted octanol–water partition coefficient (Wildman–Crippen LogP) is 0.318. The number of nitro groups is 1. The molecule has 1 aliphatic rings. The fourth-order valence-electron chi connectivity index (χ4n) is 1.73. The standard InChI is InChI=1S/C10H15NO6.CH3NO2/c1-14-7-5-8(15-2)10(17-4,11(12)13)9(6-7)16-3;2-1(3)4/h5-6,8H,1-4H3;2H2,(H,3,4).